The number of hydrogen-bond donors (Lipinski definition) is 2. The summed E-state index contributed by atoms with van der Waals surface area (Å²) in [4.78, 5) is 25.9. The molecule has 1 aromatic heterocycles. The Hall–Kier alpha value is -4.04. The normalized spacial score (nSPS) is 10.3. The quantitative estimate of drug-likeness (QED) is 0.152. The average Bonchev–Trinajstić information content (AvgIpc) is 2.95. The second-order valence-electron chi connectivity index (χ2n) is 8.83. The third-order valence-corrected chi connectivity index (χ3v) is 6.94. The molecule has 216 valence electrons. The predicted octanol–water partition coefficient (Wildman–Crippen LogP) is 9.69. The molecule has 0 atom stereocenters. The van der Waals surface area contributed by atoms with Gasteiger partial charge in [-0.2, -0.15) is 0 Å². The van der Waals surface area contributed by atoms with Crippen molar-refractivity contribution in [3.63, 3.8) is 0 Å². The monoisotopic (exact) mass is 628 g/mol. The fourth-order valence-electron chi connectivity index (χ4n) is 3.81. The molecular formula is C32H25Cl3F2N2O3. The number of carbonyl (C=O) groups excluding carboxylic acids is 1. The molecule has 0 aliphatic heterocycles. The zero-order valence-corrected chi connectivity index (χ0v) is 24.7. The molecule has 0 amide bonds. The molecule has 10 heteroatoms. The SMILES string of the molecule is CCC(=O)c1ccccc1F.Cc1c(-c2ccccc2F)nc2cc(Cl)ccc2c1Cl.Nc1cc(Cl)ccc1C(=O)O. The molecule has 5 nitrogen and oxygen atoms in total. The van der Waals surface area contributed by atoms with Crippen LogP contribution < -0.4 is 5.73 Å². The first-order valence-corrected chi connectivity index (χ1v) is 13.6. The number of nitrogens with two attached hydrogens (primary N) is 1. The van der Waals surface area contributed by atoms with Crippen molar-refractivity contribution in [3.05, 3.63) is 128 Å². The van der Waals surface area contributed by atoms with Crippen molar-refractivity contribution in [1.82, 2.24) is 4.98 Å². The predicted molar refractivity (Wildman–Crippen MR) is 166 cm³/mol. The molecule has 0 spiro atoms. The van der Waals surface area contributed by atoms with Crippen LogP contribution >= 0.6 is 34.8 Å². The number of carbonyl (C=O) groups is 2. The van der Waals surface area contributed by atoms with Gasteiger partial charge in [0, 0.05) is 33.1 Å². The Morgan fingerprint density at radius 2 is 1.43 bits per heavy atom. The molecule has 0 saturated carbocycles. The van der Waals surface area contributed by atoms with E-state index in [0.29, 0.717) is 38.3 Å². The number of Topliss-reactive ketones (excluding diaryl/α,β-unsaturated/α-hetero) is 1. The summed E-state index contributed by atoms with van der Waals surface area (Å²) in [6.45, 7) is 3.56. The standard InChI is InChI=1S/C16H10Cl2FN.C9H9FO.C7H6ClNO2/c1-9-15(18)12-7-6-10(17)8-14(12)20-16(9)11-4-2-3-5-13(11)19;1-2-9(11)7-5-3-4-6-8(7)10;8-4-1-2-5(7(10)11)6(9)3-4/h2-8H,1H3;3-6H,2H2,1H3;1-3H,9H2,(H,10,11). The highest BCUT2D eigenvalue weighted by atomic mass is 35.5. The molecule has 3 N–H and O–H groups in total. The molecular weight excluding hydrogens is 605 g/mol. The summed E-state index contributed by atoms with van der Waals surface area (Å²) in [5, 5.41) is 10.9. The first-order chi connectivity index (χ1) is 19.9. The summed E-state index contributed by atoms with van der Waals surface area (Å²) < 4.78 is 26.8. The zero-order valence-electron chi connectivity index (χ0n) is 22.5. The highest BCUT2D eigenvalue weighted by molar-refractivity contribution is 6.37. The van der Waals surface area contributed by atoms with Gasteiger partial charge >= 0.3 is 5.97 Å². The first kappa shape index (κ1) is 32.5. The fraction of sp³-hybridized carbons (Fsp3) is 0.0938. The maximum absolute atomic E-state index is 14.0. The van der Waals surface area contributed by atoms with Crippen LogP contribution in [0.5, 0.6) is 0 Å². The van der Waals surface area contributed by atoms with E-state index in [1.54, 1.807) is 49.4 Å². The highest BCUT2D eigenvalue weighted by Gasteiger charge is 2.15. The van der Waals surface area contributed by atoms with Crippen LogP contribution in [-0.4, -0.2) is 21.8 Å². The number of ketones is 1. The molecule has 4 aromatic carbocycles. The lowest BCUT2D eigenvalue weighted by Crippen LogP contribution is -2.01. The minimum absolute atomic E-state index is 0.0781. The zero-order chi connectivity index (χ0) is 31.0. The summed E-state index contributed by atoms with van der Waals surface area (Å²) in [6, 6.07) is 22.1. The number of hydrogen-bond acceptors (Lipinski definition) is 4. The summed E-state index contributed by atoms with van der Waals surface area (Å²) >= 11 is 17.9. The Bertz CT molecular complexity index is 1760. The number of anilines is 1. The number of benzene rings is 4. The average molecular weight is 630 g/mol. The number of fused-ring (bicyclic) bond motifs is 1. The van der Waals surface area contributed by atoms with Crippen LogP contribution in [0.2, 0.25) is 15.1 Å². The van der Waals surface area contributed by atoms with Crippen molar-refractivity contribution in [2.24, 2.45) is 0 Å². The van der Waals surface area contributed by atoms with Crippen LogP contribution in [0.25, 0.3) is 22.2 Å². The van der Waals surface area contributed by atoms with Crippen LogP contribution in [0.3, 0.4) is 0 Å². The lowest BCUT2D eigenvalue weighted by molar-refractivity contribution is 0.0697. The Morgan fingerprint density at radius 1 is 0.833 bits per heavy atom. The minimum atomic E-state index is -1.04. The minimum Gasteiger partial charge on any atom is -0.478 e. The molecule has 1 heterocycles. The summed E-state index contributed by atoms with van der Waals surface area (Å²) in [6.07, 6.45) is 0.348. The fourth-order valence-corrected chi connectivity index (χ4v) is 4.41. The molecule has 0 unspecified atom stereocenters. The van der Waals surface area contributed by atoms with Crippen molar-refractivity contribution in [2.45, 2.75) is 20.3 Å². The van der Waals surface area contributed by atoms with Gasteiger partial charge in [0.2, 0.25) is 0 Å². The van der Waals surface area contributed by atoms with Crippen LogP contribution in [0.1, 0.15) is 39.6 Å². The summed E-state index contributed by atoms with van der Waals surface area (Å²) in [5.74, 6) is -1.94. The number of pyridine rings is 1. The number of nitrogen functional groups attached to an aromatic ring is 1. The van der Waals surface area contributed by atoms with E-state index in [9.17, 15) is 18.4 Å². The van der Waals surface area contributed by atoms with Crippen molar-refractivity contribution in [3.8, 4) is 11.3 Å². The number of nitrogens with zero attached hydrogens (tertiary/aromatic N) is 1. The van der Waals surface area contributed by atoms with Gasteiger partial charge in [0.05, 0.1) is 27.4 Å². The van der Waals surface area contributed by atoms with Crippen LogP contribution in [0, 0.1) is 18.6 Å². The van der Waals surface area contributed by atoms with E-state index >= 15 is 0 Å². The number of aromatic nitrogens is 1. The third-order valence-electron chi connectivity index (χ3n) is 5.98. The smallest absolute Gasteiger partial charge is 0.337 e. The summed E-state index contributed by atoms with van der Waals surface area (Å²) in [5.41, 5.74) is 8.21. The van der Waals surface area contributed by atoms with Gasteiger partial charge in [-0.05, 0) is 73.2 Å². The number of carboxylic acids is 1. The Labute approximate surface area is 256 Å². The molecule has 0 bridgehead atoms. The van der Waals surface area contributed by atoms with E-state index in [1.165, 1.54) is 36.4 Å². The lowest BCUT2D eigenvalue weighted by Gasteiger charge is -2.11. The van der Waals surface area contributed by atoms with Gasteiger partial charge in [-0.1, -0.05) is 66.0 Å². The second-order valence-corrected chi connectivity index (χ2v) is 10.1. The van der Waals surface area contributed by atoms with Crippen LogP contribution in [0.4, 0.5) is 14.5 Å². The molecule has 5 rings (SSSR count). The van der Waals surface area contributed by atoms with Gasteiger partial charge in [-0.3, -0.25) is 4.79 Å². The Kier molecular flexibility index (Phi) is 11.4. The van der Waals surface area contributed by atoms with Crippen LogP contribution in [0.15, 0.2) is 84.9 Å². The largest absolute Gasteiger partial charge is 0.478 e. The van der Waals surface area contributed by atoms with Crippen molar-refractivity contribution < 1.29 is 23.5 Å². The summed E-state index contributed by atoms with van der Waals surface area (Å²) in [7, 11) is 0. The third kappa shape index (κ3) is 8.03. The van der Waals surface area contributed by atoms with E-state index in [-0.39, 0.29) is 28.4 Å². The Morgan fingerprint density at radius 3 is 2.02 bits per heavy atom. The number of carboxylic acid groups (broad SMARTS) is 1. The first-order valence-electron chi connectivity index (χ1n) is 12.5. The van der Waals surface area contributed by atoms with E-state index < -0.39 is 11.8 Å². The number of halogens is 5. The van der Waals surface area contributed by atoms with Gasteiger partial charge in [0.15, 0.2) is 5.78 Å². The number of aromatic carboxylic acids is 1. The topological polar surface area (TPSA) is 93.3 Å². The highest BCUT2D eigenvalue weighted by Crippen LogP contribution is 2.34. The van der Waals surface area contributed by atoms with Crippen LogP contribution in [-0.2, 0) is 0 Å². The molecule has 0 saturated heterocycles. The van der Waals surface area contributed by atoms with Gasteiger partial charge in [0.25, 0.3) is 0 Å². The number of rotatable bonds is 4. The van der Waals surface area contributed by atoms with Gasteiger partial charge < -0.3 is 10.8 Å². The van der Waals surface area contributed by atoms with E-state index in [4.69, 9.17) is 45.6 Å². The molecule has 5 aromatic rings. The maximum Gasteiger partial charge on any atom is 0.337 e. The molecule has 0 aliphatic rings. The van der Waals surface area contributed by atoms with Gasteiger partial charge in [-0.15, -0.1) is 0 Å². The van der Waals surface area contributed by atoms with Crippen molar-refractivity contribution in [2.75, 3.05) is 5.73 Å². The molecule has 0 aliphatic carbocycles. The lowest BCUT2D eigenvalue weighted by atomic mass is 10.0. The van der Waals surface area contributed by atoms with Gasteiger partial charge in [-0.25, -0.2) is 18.6 Å². The molecule has 0 fully saturated rings. The maximum atomic E-state index is 14.0. The van der Waals surface area contributed by atoms with Crippen molar-refractivity contribution >= 4 is 63.1 Å². The second kappa shape index (κ2) is 14.7. The van der Waals surface area contributed by atoms with Crippen molar-refractivity contribution in [1.29, 1.82) is 0 Å². The molecule has 0 radical (unpaired) electrons. The van der Waals surface area contributed by atoms with E-state index in [0.717, 1.165) is 10.9 Å². The molecule has 42 heavy (non-hydrogen) atoms. The Balaban J connectivity index is 0.000000188. The van der Waals surface area contributed by atoms with E-state index in [2.05, 4.69) is 4.98 Å². The van der Waals surface area contributed by atoms with Gasteiger partial charge in [0.1, 0.15) is 11.6 Å². The van der Waals surface area contributed by atoms with E-state index in [1.807, 2.05) is 13.0 Å².